The van der Waals surface area contributed by atoms with Gasteiger partial charge >= 0.3 is 93.7 Å². The zero-order chi connectivity index (χ0) is 9.97. The van der Waals surface area contributed by atoms with Crippen LogP contribution in [0.1, 0.15) is 12.5 Å². The normalized spacial score (nSPS) is 14.4. The Bertz CT molecular complexity index is 390. The van der Waals surface area contributed by atoms with E-state index < -0.39 is 0 Å². The minimum absolute atomic E-state index is 0.372. The van der Waals surface area contributed by atoms with Crippen molar-refractivity contribution in [3.05, 3.63) is 35.9 Å². The van der Waals surface area contributed by atoms with Crippen LogP contribution in [0.2, 0.25) is 0 Å². The summed E-state index contributed by atoms with van der Waals surface area (Å²) in [5.74, 6) is 1.89. The topological polar surface area (TPSA) is 18.5 Å². The fourth-order valence-electron chi connectivity index (χ4n) is 1.23. The first-order valence-corrected chi connectivity index (χ1v) is 6.45. The molecule has 3 heteroatoms. The Labute approximate surface area is 93.6 Å². The number of benzene rings is 1. The standard InChI is InChI=1S/C11H11O2Te/c1-8-7-11(13-14-8)9-3-5-10(12-2)6-4-9/h3-7H,1-2H3. The van der Waals surface area contributed by atoms with Gasteiger partial charge in [-0.1, -0.05) is 0 Å². The molecule has 14 heavy (non-hydrogen) atoms. The Kier molecular flexibility index (Phi) is 2.90. The molecule has 1 aromatic carbocycles. The first kappa shape index (κ1) is 9.76. The molecule has 0 saturated carbocycles. The van der Waals surface area contributed by atoms with Crippen molar-refractivity contribution in [3.63, 3.8) is 0 Å². The monoisotopic (exact) mass is 305 g/mol. The van der Waals surface area contributed by atoms with Crippen molar-refractivity contribution in [2.45, 2.75) is 6.92 Å². The molecule has 1 aliphatic heterocycles. The van der Waals surface area contributed by atoms with Crippen molar-refractivity contribution < 1.29 is 7.84 Å². The van der Waals surface area contributed by atoms with Crippen molar-refractivity contribution >= 4 is 30.2 Å². The molecule has 1 aromatic rings. The van der Waals surface area contributed by atoms with Gasteiger partial charge in [0.05, 0.1) is 0 Å². The van der Waals surface area contributed by atoms with Gasteiger partial charge in [0, 0.05) is 0 Å². The first-order valence-electron chi connectivity index (χ1n) is 4.34. The first-order chi connectivity index (χ1) is 6.79. The van der Waals surface area contributed by atoms with Crippen molar-refractivity contribution in [2.24, 2.45) is 0 Å². The number of ether oxygens (including phenoxy) is 1. The van der Waals surface area contributed by atoms with Crippen molar-refractivity contribution in [2.75, 3.05) is 7.11 Å². The molecule has 0 amide bonds. The van der Waals surface area contributed by atoms with Crippen LogP contribution < -0.4 is 4.74 Å². The van der Waals surface area contributed by atoms with E-state index in [1.54, 1.807) is 7.11 Å². The summed E-state index contributed by atoms with van der Waals surface area (Å²) < 4.78 is 12.1. The van der Waals surface area contributed by atoms with E-state index in [0.717, 1.165) is 17.1 Å². The summed E-state index contributed by atoms with van der Waals surface area (Å²) in [6, 6.07) is 7.95. The van der Waals surface area contributed by atoms with E-state index in [1.165, 1.54) is 3.55 Å². The molecule has 0 aliphatic carbocycles. The summed E-state index contributed by atoms with van der Waals surface area (Å²) in [6.45, 7) is 2.12. The second-order valence-corrected chi connectivity index (χ2v) is 5.80. The Morgan fingerprint density at radius 3 is 2.43 bits per heavy atom. The molecule has 0 unspecified atom stereocenters. The van der Waals surface area contributed by atoms with E-state index in [-0.39, 0.29) is 20.9 Å². The Hall–Kier alpha value is -0.780. The van der Waals surface area contributed by atoms with Gasteiger partial charge in [-0.15, -0.1) is 0 Å². The minimum atomic E-state index is -0.372. The summed E-state index contributed by atoms with van der Waals surface area (Å²) in [7, 11) is 1.67. The summed E-state index contributed by atoms with van der Waals surface area (Å²) in [5, 5.41) is 0. The van der Waals surface area contributed by atoms with E-state index in [9.17, 15) is 0 Å². The molecule has 73 valence electrons. The number of hydrogen-bond donors (Lipinski definition) is 0. The van der Waals surface area contributed by atoms with Crippen molar-refractivity contribution in [1.82, 2.24) is 0 Å². The number of methoxy groups -OCH3 is 1. The predicted octanol–water partition coefficient (Wildman–Crippen LogP) is 1.88. The van der Waals surface area contributed by atoms with Crippen LogP contribution in [0, 0.1) is 0 Å². The van der Waals surface area contributed by atoms with Crippen LogP contribution in [0.3, 0.4) is 0 Å². The van der Waals surface area contributed by atoms with Gasteiger partial charge in [-0.25, -0.2) is 0 Å². The molecule has 1 radical (unpaired) electrons. The molecule has 0 atom stereocenters. The predicted molar refractivity (Wildman–Crippen MR) is 58.5 cm³/mol. The van der Waals surface area contributed by atoms with Crippen molar-refractivity contribution in [1.29, 1.82) is 0 Å². The average Bonchev–Trinajstić information content (AvgIpc) is 2.65. The van der Waals surface area contributed by atoms with Gasteiger partial charge in [0.25, 0.3) is 0 Å². The van der Waals surface area contributed by atoms with Crippen LogP contribution in [0.15, 0.2) is 30.3 Å². The molecule has 1 heterocycles. The number of hydrogen-bond acceptors (Lipinski definition) is 2. The van der Waals surface area contributed by atoms with Gasteiger partial charge in [0.1, 0.15) is 0 Å². The van der Waals surface area contributed by atoms with E-state index >= 15 is 0 Å². The fourth-order valence-corrected chi connectivity index (χ4v) is 2.72. The second kappa shape index (κ2) is 4.16. The van der Waals surface area contributed by atoms with E-state index in [4.69, 9.17) is 7.84 Å². The Balaban J connectivity index is 2.23. The quantitative estimate of drug-likeness (QED) is 0.777. The molecule has 2 nitrogen and oxygen atoms in total. The van der Waals surface area contributed by atoms with E-state index in [2.05, 4.69) is 13.0 Å². The van der Waals surface area contributed by atoms with Crippen LogP contribution in [0.25, 0.3) is 5.76 Å². The third-order valence-electron chi connectivity index (χ3n) is 1.97. The maximum absolute atomic E-state index is 5.64. The van der Waals surface area contributed by atoms with Crippen LogP contribution in [-0.2, 0) is 3.10 Å². The van der Waals surface area contributed by atoms with Gasteiger partial charge in [0.2, 0.25) is 0 Å². The van der Waals surface area contributed by atoms with Crippen LogP contribution in [0.4, 0.5) is 0 Å². The Morgan fingerprint density at radius 1 is 1.21 bits per heavy atom. The number of allylic oxidation sites excluding steroid dienone is 1. The summed E-state index contributed by atoms with van der Waals surface area (Å²) >= 11 is -0.372. The molecular weight excluding hydrogens is 292 g/mol. The average molecular weight is 303 g/mol. The molecule has 1 aliphatic rings. The van der Waals surface area contributed by atoms with Crippen LogP contribution in [-0.4, -0.2) is 31.5 Å². The third kappa shape index (κ3) is 2.00. The van der Waals surface area contributed by atoms with Crippen molar-refractivity contribution in [3.8, 4) is 5.75 Å². The van der Waals surface area contributed by atoms with E-state index in [0.29, 0.717) is 0 Å². The van der Waals surface area contributed by atoms with Gasteiger partial charge in [-0.2, -0.15) is 0 Å². The van der Waals surface area contributed by atoms with Crippen LogP contribution >= 0.6 is 0 Å². The Morgan fingerprint density at radius 2 is 1.93 bits per heavy atom. The second-order valence-electron chi connectivity index (χ2n) is 3.01. The molecular formula is C11H11O2Te. The summed E-state index contributed by atoms with van der Waals surface area (Å²) in [6.07, 6.45) is 2.13. The number of rotatable bonds is 2. The summed E-state index contributed by atoms with van der Waals surface area (Å²) in [4.78, 5) is 0. The van der Waals surface area contributed by atoms with Crippen LogP contribution in [0.5, 0.6) is 5.75 Å². The third-order valence-corrected chi connectivity index (χ3v) is 3.81. The van der Waals surface area contributed by atoms with Gasteiger partial charge < -0.3 is 0 Å². The maximum atomic E-state index is 5.64. The molecule has 0 aromatic heterocycles. The SMILES string of the molecule is COc1ccc(C2=CC(C)=[Te]O2)cc1. The molecule has 2 rings (SSSR count). The van der Waals surface area contributed by atoms with Gasteiger partial charge in [0.15, 0.2) is 0 Å². The summed E-state index contributed by atoms with van der Waals surface area (Å²) in [5.41, 5.74) is 1.13. The van der Waals surface area contributed by atoms with Gasteiger partial charge in [-0.05, 0) is 0 Å². The van der Waals surface area contributed by atoms with Gasteiger partial charge in [-0.3, -0.25) is 0 Å². The molecule has 0 fully saturated rings. The zero-order valence-electron chi connectivity index (χ0n) is 8.11. The fraction of sp³-hybridized carbons (Fsp3) is 0.182. The molecule has 0 N–H and O–H groups in total. The zero-order valence-corrected chi connectivity index (χ0v) is 10.4. The molecule has 0 saturated heterocycles. The molecule has 0 bridgehead atoms. The van der Waals surface area contributed by atoms with E-state index in [1.807, 2.05) is 24.3 Å². The molecule has 0 spiro atoms.